The molecule has 18 heavy (non-hydrogen) atoms. The Morgan fingerprint density at radius 2 is 2.06 bits per heavy atom. The number of furan rings is 1. The van der Waals surface area contributed by atoms with Crippen molar-refractivity contribution in [2.24, 2.45) is 10.9 Å². The maximum absolute atomic E-state index is 5.26. The fourth-order valence-corrected chi connectivity index (χ4v) is 1.46. The molecule has 104 valence electrons. The minimum absolute atomic E-state index is 0. The number of guanidine groups is 1. The predicted molar refractivity (Wildman–Crippen MR) is 86.6 cm³/mol. The molecular formula is C13H24IN3O. The first-order chi connectivity index (χ1) is 8.22. The van der Waals surface area contributed by atoms with E-state index in [0.29, 0.717) is 5.92 Å². The lowest BCUT2D eigenvalue weighted by molar-refractivity contribution is 0.506. The summed E-state index contributed by atoms with van der Waals surface area (Å²) in [6.07, 6.45) is 3.72. The average Bonchev–Trinajstić information content (AvgIpc) is 2.79. The van der Waals surface area contributed by atoms with Gasteiger partial charge < -0.3 is 15.1 Å². The summed E-state index contributed by atoms with van der Waals surface area (Å²) in [6, 6.07) is 3.89. The van der Waals surface area contributed by atoms with Gasteiger partial charge in [0.15, 0.2) is 5.96 Å². The molecule has 0 aliphatic rings. The molecule has 0 atom stereocenters. The molecular weight excluding hydrogens is 341 g/mol. The SMILES string of the molecule is CN=C(NCCc1ccco1)NCCC(C)C.I. The average molecular weight is 365 g/mol. The third kappa shape index (κ3) is 7.58. The molecule has 0 saturated heterocycles. The summed E-state index contributed by atoms with van der Waals surface area (Å²) < 4.78 is 5.26. The third-order valence-electron chi connectivity index (χ3n) is 2.48. The third-order valence-corrected chi connectivity index (χ3v) is 2.48. The highest BCUT2D eigenvalue weighted by Crippen LogP contribution is 1.99. The van der Waals surface area contributed by atoms with E-state index in [2.05, 4.69) is 29.5 Å². The van der Waals surface area contributed by atoms with Gasteiger partial charge in [-0.3, -0.25) is 4.99 Å². The molecule has 0 fully saturated rings. The highest BCUT2D eigenvalue weighted by Gasteiger charge is 1.99. The summed E-state index contributed by atoms with van der Waals surface area (Å²) in [5.41, 5.74) is 0. The van der Waals surface area contributed by atoms with E-state index < -0.39 is 0 Å². The zero-order chi connectivity index (χ0) is 12.5. The van der Waals surface area contributed by atoms with Crippen LogP contribution in [0.5, 0.6) is 0 Å². The number of rotatable bonds is 6. The van der Waals surface area contributed by atoms with Crippen LogP contribution in [0.15, 0.2) is 27.8 Å². The fourth-order valence-electron chi connectivity index (χ4n) is 1.46. The molecule has 0 bridgehead atoms. The van der Waals surface area contributed by atoms with Gasteiger partial charge in [0.2, 0.25) is 0 Å². The Kier molecular flexibility index (Phi) is 9.82. The predicted octanol–water partition coefficient (Wildman–Crippen LogP) is 2.65. The van der Waals surface area contributed by atoms with Gasteiger partial charge in [-0.2, -0.15) is 0 Å². The fraction of sp³-hybridized carbons (Fsp3) is 0.615. The Bertz CT molecular complexity index is 323. The molecule has 1 aromatic heterocycles. The van der Waals surface area contributed by atoms with Crippen LogP contribution in [0.4, 0.5) is 0 Å². The molecule has 0 aliphatic heterocycles. The molecule has 5 heteroatoms. The van der Waals surface area contributed by atoms with E-state index in [1.54, 1.807) is 13.3 Å². The first-order valence-electron chi connectivity index (χ1n) is 6.19. The van der Waals surface area contributed by atoms with Gasteiger partial charge in [0.25, 0.3) is 0 Å². The Balaban J connectivity index is 0.00000289. The highest BCUT2D eigenvalue weighted by atomic mass is 127. The van der Waals surface area contributed by atoms with E-state index in [0.717, 1.165) is 37.7 Å². The maximum Gasteiger partial charge on any atom is 0.190 e. The largest absolute Gasteiger partial charge is 0.469 e. The van der Waals surface area contributed by atoms with Crippen LogP contribution in [0.2, 0.25) is 0 Å². The monoisotopic (exact) mass is 365 g/mol. The summed E-state index contributed by atoms with van der Waals surface area (Å²) in [6.45, 7) is 6.22. The number of hydrogen-bond acceptors (Lipinski definition) is 2. The highest BCUT2D eigenvalue weighted by molar-refractivity contribution is 14.0. The normalized spacial score (nSPS) is 11.2. The van der Waals surface area contributed by atoms with Gasteiger partial charge >= 0.3 is 0 Å². The minimum Gasteiger partial charge on any atom is -0.469 e. The summed E-state index contributed by atoms with van der Waals surface area (Å²) in [4.78, 5) is 4.17. The summed E-state index contributed by atoms with van der Waals surface area (Å²) in [5.74, 6) is 2.57. The van der Waals surface area contributed by atoms with Crippen molar-refractivity contribution in [3.8, 4) is 0 Å². The van der Waals surface area contributed by atoms with E-state index in [1.165, 1.54) is 0 Å². The Labute approximate surface area is 127 Å². The number of halogens is 1. The summed E-state index contributed by atoms with van der Waals surface area (Å²) >= 11 is 0. The van der Waals surface area contributed by atoms with E-state index in [-0.39, 0.29) is 24.0 Å². The number of nitrogens with one attached hydrogen (secondary N) is 2. The van der Waals surface area contributed by atoms with Crippen molar-refractivity contribution in [2.75, 3.05) is 20.1 Å². The second kappa shape index (κ2) is 10.2. The van der Waals surface area contributed by atoms with Crippen LogP contribution in [-0.2, 0) is 6.42 Å². The Morgan fingerprint density at radius 1 is 1.33 bits per heavy atom. The van der Waals surface area contributed by atoms with Crippen molar-refractivity contribution in [1.29, 1.82) is 0 Å². The second-order valence-electron chi connectivity index (χ2n) is 4.44. The number of hydrogen-bond donors (Lipinski definition) is 2. The molecule has 0 aliphatic carbocycles. The van der Waals surface area contributed by atoms with Crippen LogP contribution in [-0.4, -0.2) is 26.1 Å². The van der Waals surface area contributed by atoms with E-state index in [9.17, 15) is 0 Å². The molecule has 0 spiro atoms. The number of nitrogens with zero attached hydrogens (tertiary/aromatic N) is 1. The van der Waals surface area contributed by atoms with Gasteiger partial charge in [0.05, 0.1) is 6.26 Å². The van der Waals surface area contributed by atoms with Gasteiger partial charge in [-0.1, -0.05) is 13.8 Å². The Hall–Kier alpha value is -0.720. The molecule has 4 nitrogen and oxygen atoms in total. The lowest BCUT2D eigenvalue weighted by atomic mass is 10.1. The molecule has 0 radical (unpaired) electrons. The Morgan fingerprint density at radius 3 is 2.61 bits per heavy atom. The van der Waals surface area contributed by atoms with Crippen molar-refractivity contribution >= 4 is 29.9 Å². The van der Waals surface area contributed by atoms with Crippen molar-refractivity contribution in [2.45, 2.75) is 26.7 Å². The van der Waals surface area contributed by atoms with Crippen LogP contribution in [0.25, 0.3) is 0 Å². The maximum atomic E-state index is 5.26. The first kappa shape index (κ1) is 17.3. The molecule has 0 amide bonds. The van der Waals surface area contributed by atoms with E-state index in [4.69, 9.17) is 4.42 Å². The van der Waals surface area contributed by atoms with Crippen molar-refractivity contribution in [3.63, 3.8) is 0 Å². The van der Waals surface area contributed by atoms with Gasteiger partial charge in [-0.15, -0.1) is 24.0 Å². The molecule has 1 heterocycles. The topological polar surface area (TPSA) is 49.6 Å². The smallest absolute Gasteiger partial charge is 0.190 e. The summed E-state index contributed by atoms with van der Waals surface area (Å²) in [5, 5.41) is 6.55. The van der Waals surface area contributed by atoms with Gasteiger partial charge in [0, 0.05) is 26.6 Å². The zero-order valence-electron chi connectivity index (χ0n) is 11.4. The van der Waals surface area contributed by atoms with Crippen molar-refractivity contribution in [1.82, 2.24) is 10.6 Å². The lowest BCUT2D eigenvalue weighted by Crippen LogP contribution is -2.39. The van der Waals surface area contributed by atoms with Crippen LogP contribution in [0, 0.1) is 5.92 Å². The first-order valence-corrected chi connectivity index (χ1v) is 6.19. The van der Waals surface area contributed by atoms with Crippen LogP contribution < -0.4 is 10.6 Å². The van der Waals surface area contributed by atoms with Crippen LogP contribution in [0.3, 0.4) is 0 Å². The molecule has 1 aromatic rings. The minimum atomic E-state index is 0. The summed E-state index contributed by atoms with van der Waals surface area (Å²) in [7, 11) is 1.79. The van der Waals surface area contributed by atoms with E-state index >= 15 is 0 Å². The lowest BCUT2D eigenvalue weighted by Gasteiger charge is -2.12. The van der Waals surface area contributed by atoms with Crippen molar-refractivity contribution in [3.05, 3.63) is 24.2 Å². The molecule has 1 rings (SSSR count). The molecule has 0 saturated carbocycles. The standard InChI is InChI=1S/C13H23N3O.HI/c1-11(2)6-8-15-13(14-3)16-9-7-12-5-4-10-17-12;/h4-5,10-11H,6-9H2,1-3H3,(H2,14,15,16);1H. The molecule has 0 aromatic carbocycles. The van der Waals surface area contributed by atoms with E-state index in [1.807, 2.05) is 12.1 Å². The molecule has 0 unspecified atom stereocenters. The van der Waals surface area contributed by atoms with Gasteiger partial charge in [0.1, 0.15) is 5.76 Å². The number of aliphatic imine (C=N–C) groups is 1. The van der Waals surface area contributed by atoms with Crippen LogP contribution in [0.1, 0.15) is 26.0 Å². The quantitative estimate of drug-likeness (QED) is 0.463. The molecule has 2 N–H and O–H groups in total. The zero-order valence-corrected chi connectivity index (χ0v) is 13.7. The van der Waals surface area contributed by atoms with Crippen LogP contribution >= 0.6 is 24.0 Å². The van der Waals surface area contributed by atoms with Gasteiger partial charge in [-0.25, -0.2) is 0 Å². The van der Waals surface area contributed by atoms with Gasteiger partial charge in [-0.05, 0) is 24.5 Å². The second-order valence-corrected chi connectivity index (χ2v) is 4.44. The van der Waals surface area contributed by atoms with Crippen molar-refractivity contribution < 1.29 is 4.42 Å².